The van der Waals surface area contributed by atoms with E-state index in [4.69, 9.17) is 0 Å². The highest BCUT2D eigenvalue weighted by atomic mass is 16.5. The van der Waals surface area contributed by atoms with Gasteiger partial charge in [0.1, 0.15) is 6.29 Å². The zero-order valence-corrected chi connectivity index (χ0v) is 7.02. The Balaban J connectivity index is 3.86. The van der Waals surface area contributed by atoms with Crippen molar-refractivity contribution in [3.63, 3.8) is 0 Å². The van der Waals surface area contributed by atoms with Crippen LogP contribution in [0.1, 0.15) is 0 Å². The molecule has 0 aromatic heterocycles. The van der Waals surface area contributed by atoms with Crippen molar-refractivity contribution in [2.75, 3.05) is 7.11 Å². The van der Waals surface area contributed by atoms with Crippen molar-refractivity contribution >= 4 is 18.3 Å². The zero-order valence-electron chi connectivity index (χ0n) is 7.02. The van der Waals surface area contributed by atoms with E-state index in [2.05, 4.69) is 4.74 Å². The van der Waals surface area contributed by atoms with Gasteiger partial charge in [-0.25, -0.2) is 4.79 Å². The molecule has 0 bridgehead atoms. The van der Waals surface area contributed by atoms with Crippen LogP contribution in [0.4, 0.5) is 4.79 Å². The smallest absolute Gasteiger partial charge is 0.413 e. The van der Waals surface area contributed by atoms with Crippen LogP contribution in [-0.2, 0) is 14.3 Å². The lowest BCUT2D eigenvalue weighted by molar-refractivity contribution is -0.115. The third-order valence-electron chi connectivity index (χ3n) is 0.959. The van der Waals surface area contributed by atoms with E-state index >= 15 is 0 Å². The van der Waals surface area contributed by atoms with E-state index in [1.165, 1.54) is 18.2 Å². The molecule has 0 aromatic carbocycles. The molecule has 0 fully saturated rings. The summed E-state index contributed by atoms with van der Waals surface area (Å²) in [6.45, 7) is 0. The lowest BCUT2D eigenvalue weighted by atomic mass is 10.4. The second-order valence-corrected chi connectivity index (χ2v) is 1.86. The highest BCUT2D eigenvalue weighted by molar-refractivity contribution is 5.98. The van der Waals surface area contributed by atoms with Crippen LogP contribution in [-0.4, -0.2) is 25.4 Å². The average molecular weight is 183 g/mol. The molecule has 0 aliphatic rings. The number of nitrogens with one attached hydrogen (secondary N) is 1. The van der Waals surface area contributed by atoms with Gasteiger partial charge in [0.25, 0.3) is 5.91 Å². The van der Waals surface area contributed by atoms with E-state index in [0.29, 0.717) is 6.29 Å². The molecule has 0 heterocycles. The number of carbonyl (C=O) groups is 3. The van der Waals surface area contributed by atoms with Gasteiger partial charge in [0.15, 0.2) is 0 Å². The third kappa shape index (κ3) is 6.49. The number of alkyl carbamates (subject to hydrolysis) is 1. The molecule has 0 spiro atoms. The van der Waals surface area contributed by atoms with E-state index in [1.54, 1.807) is 0 Å². The quantitative estimate of drug-likeness (QED) is 0.385. The van der Waals surface area contributed by atoms with Crippen LogP contribution in [0.5, 0.6) is 0 Å². The van der Waals surface area contributed by atoms with Gasteiger partial charge >= 0.3 is 6.09 Å². The lowest BCUT2D eigenvalue weighted by Gasteiger charge is -1.96. The van der Waals surface area contributed by atoms with E-state index in [-0.39, 0.29) is 0 Å². The summed E-state index contributed by atoms with van der Waals surface area (Å²) in [5.74, 6) is -0.609. The fourth-order valence-electron chi connectivity index (χ4n) is 0.446. The summed E-state index contributed by atoms with van der Waals surface area (Å²) >= 11 is 0. The van der Waals surface area contributed by atoms with Crippen LogP contribution in [0.25, 0.3) is 0 Å². The van der Waals surface area contributed by atoms with Crippen molar-refractivity contribution in [3.8, 4) is 0 Å². The van der Waals surface area contributed by atoms with Gasteiger partial charge in [-0.05, 0) is 6.08 Å². The Morgan fingerprint density at radius 3 is 2.46 bits per heavy atom. The highest BCUT2D eigenvalue weighted by Gasteiger charge is 2.01. The summed E-state index contributed by atoms with van der Waals surface area (Å²) in [5, 5.41) is 1.90. The summed E-state index contributed by atoms with van der Waals surface area (Å²) in [5.41, 5.74) is 0. The molecule has 13 heavy (non-hydrogen) atoms. The van der Waals surface area contributed by atoms with Gasteiger partial charge in [-0.15, -0.1) is 0 Å². The summed E-state index contributed by atoms with van der Waals surface area (Å²) in [7, 11) is 1.15. The molecule has 70 valence electrons. The summed E-state index contributed by atoms with van der Waals surface area (Å²) < 4.78 is 4.17. The first kappa shape index (κ1) is 11.1. The van der Waals surface area contributed by atoms with E-state index in [0.717, 1.165) is 13.2 Å². The average Bonchev–Trinajstić information content (AvgIpc) is 2.12. The van der Waals surface area contributed by atoms with Crippen molar-refractivity contribution < 1.29 is 19.1 Å². The Bertz CT molecular complexity index is 255. The summed E-state index contributed by atoms with van der Waals surface area (Å²) in [4.78, 5) is 31.0. The van der Waals surface area contributed by atoms with Crippen LogP contribution >= 0.6 is 0 Å². The van der Waals surface area contributed by atoms with Gasteiger partial charge in [-0.1, -0.05) is 12.2 Å². The maximum atomic E-state index is 10.8. The standard InChI is InChI=1S/C8H9NO4/c1-13-8(12)9-7(11)5-3-2-4-6-10/h2-6H,1H3,(H,9,11,12)/b4-2+,5-3+. The van der Waals surface area contributed by atoms with E-state index in [1.807, 2.05) is 5.32 Å². The lowest BCUT2D eigenvalue weighted by Crippen LogP contribution is -2.28. The first-order valence-electron chi connectivity index (χ1n) is 3.38. The summed E-state index contributed by atoms with van der Waals surface area (Å²) in [6, 6.07) is 0. The second-order valence-electron chi connectivity index (χ2n) is 1.86. The normalized spacial score (nSPS) is 10.2. The van der Waals surface area contributed by atoms with E-state index in [9.17, 15) is 14.4 Å². The number of hydrogen-bond donors (Lipinski definition) is 1. The number of hydrogen-bond acceptors (Lipinski definition) is 4. The van der Waals surface area contributed by atoms with Gasteiger partial charge in [0, 0.05) is 6.08 Å². The molecular weight excluding hydrogens is 174 g/mol. The predicted octanol–water partition coefficient (Wildman–Crippen LogP) is 0.180. The maximum absolute atomic E-state index is 10.8. The molecule has 0 radical (unpaired) electrons. The number of allylic oxidation sites excluding steroid dienone is 3. The monoisotopic (exact) mass is 183 g/mol. The summed E-state index contributed by atoms with van der Waals surface area (Å²) in [6.07, 6.45) is 4.74. The number of aldehydes is 1. The number of amides is 2. The number of imide groups is 1. The minimum atomic E-state index is -0.825. The molecule has 0 atom stereocenters. The second kappa shape index (κ2) is 6.78. The van der Waals surface area contributed by atoms with Gasteiger partial charge < -0.3 is 4.74 Å². The fraction of sp³-hybridized carbons (Fsp3) is 0.125. The molecule has 0 aliphatic carbocycles. The Kier molecular flexibility index (Phi) is 5.78. The highest BCUT2D eigenvalue weighted by Crippen LogP contribution is 1.78. The molecule has 0 saturated heterocycles. The fourth-order valence-corrected chi connectivity index (χ4v) is 0.446. The van der Waals surface area contributed by atoms with Crippen molar-refractivity contribution in [2.24, 2.45) is 0 Å². The number of carbonyl (C=O) groups excluding carboxylic acids is 3. The molecular formula is C8H9NO4. The first-order valence-corrected chi connectivity index (χ1v) is 3.38. The minimum Gasteiger partial charge on any atom is -0.453 e. The molecule has 2 amide bonds. The van der Waals surface area contributed by atoms with Gasteiger partial charge in [0.2, 0.25) is 0 Å². The zero-order chi connectivity index (χ0) is 10.1. The van der Waals surface area contributed by atoms with Crippen molar-refractivity contribution in [1.29, 1.82) is 0 Å². The Morgan fingerprint density at radius 2 is 1.92 bits per heavy atom. The van der Waals surface area contributed by atoms with Crippen LogP contribution < -0.4 is 5.32 Å². The van der Waals surface area contributed by atoms with Crippen molar-refractivity contribution in [2.45, 2.75) is 0 Å². The van der Waals surface area contributed by atoms with Crippen molar-refractivity contribution in [3.05, 3.63) is 24.3 Å². The van der Waals surface area contributed by atoms with Crippen LogP contribution in [0.15, 0.2) is 24.3 Å². The van der Waals surface area contributed by atoms with Crippen LogP contribution in [0.3, 0.4) is 0 Å². The topological polar surface area (TPSA) is 72.5 Å². The third-order valence-corrected chi connectivity index (χ3v) is 0.959. The van der Waals surface area contributed by atoms with Gasteiger partial charge in [0.05, 0.1) is 7.11 Å². The number of ether oxygens (including phenoxy) is 1. The molecule has 0 saturated carbocycles. The van der Waals surface area contributed by atoms with Gasteiger partial charge in [-0.2, -0.15) is 0 Å². The van der Waals surface area contributed by atoms with Crippen molar-refractivity contribution in [1.82, 2.24) is 5.32 Å². The SMILES string of the molecule is COC(=O)NC(=O)/C=C/C=C/C=O. The molecule has 5 heteroatoms. The largest absolute Gasteiger partial charge is 0.453 e. The molecule has 5 nitrogen and oxygen atoms in total. The first-order chi connectivity index (χ1) is 6.20. The van der Waals surface area contributed by atoms with Crippen LogP contribution in [0, 0.1) is 0 Å². The number of rotatable bonds is 3. The van der Waals surface area contributed by atoms with Gasteiger partial charge in [-0.3, -0.25) is 14.9 Å². The molecule has 0 unspecified atom stereocenters. The maximum Gasteiger partial charge on any atom is 0.413 e. The Labute approximate surface area is 75.1 Å². The Hall–Kier alpha value is -1.91. The number of methoxy groups -OCH3 is 1. The molecule has 0 aliphatic heterocycles. The molecule has 1 N–H and O–H groups in total. The molecule has 0 aromatic rings. The van der Waals surface area contributed by atoms with Crippen LogP contribution in [0.2, 0.25) is 0 Å². The van der Waals surface area contributed by atoms with E-state index < -0.39 is 12.0 Å². The predicted molar refractivity (Wildman–Crippen MR) is 44.9 cm³/mol. The minimum absolute atomic E-state index is 0.572. The Morgan fingerprint density at radius 1 is 1.23 bits per heavy atom. The molecule has 0 rings (SSSR count).